The monoisotopic (exact) mass is 787 g/mol. The largest absolute Gasteiger partial charge is 0.309 e. The maximum Gasteiger partial charge on any atom is 0.182 e. The lowest BCUT2D eigenvalue weighted by Crippen LogP contribution is -2.70. The number of hydrogen-bond donors (Lipinski definition) is 0. The van der Waals surface area contributed by atoms with E-state index in [4.69, 9.17) is 0 Å². The Morgan fingerprint density at radius 2 is 0.869 bits per heavy atom. The van der Waals surface area contributed by atoms with E-state index in [1.807, 2.05) is 0 Å². The fourth-order valence-electron chi connectivity index (χ4n) is 12.2. The predicted octanol–water partition coefficient (Wildman–Crippen LogP) is 12.0. The Bertz CT molecular complexity index is 3450. The quantitative estimate of drug-likeness (QED) is 0.158. The van der Waals surface area contributed by atoms with Crippen molar-refractivity contribution in [2.75, 3.05) is 4.90 Å². The van der Waals surface area contributed by atoms with Crippen LogP contribution in [-0.2, 0) is 5.41 Å². The molecule has 1 atom stereocenters. The Kier molecular flexibility index (Phi) is 6.58. The highest BCUT2D eigenvalue weighted by molar-refractivity contribution is 7.24. The van der Waals surface area contributed by atoms with E-state index in [1.165, 1.54) is 115 Å². The summed E-state index contributed by atoms with van der Waals surface area (Å²) >= 11 is 0. The van der Waals surface area contributed by atoms with Crippen LogP contribution in [0, 0.1) is 0 Å². The fraction of sp³-hybridized carbons (Fsp3) is 0.0169. The van der Waals surface area contributed by atoms with Gasteiger partial charge in [-0.1, -0.05) is 206 Å². The molecule has 2 heteroatoms. The average molecular weight is 788 g/mol. The molecule has 0 radical (unpaired) electrons. The minimum atomic E-state index is -2.80. The zero-order valence-electron chi connectivity index (χ0n) is 33.3. The molecule has 4 aliphatic rings. The first-order chi connectivity index (χ1) is 30.3. The van der Waals surface area contributed by atoms with Crippen molar-refractivity contribution >= 4 is 56.7 Å². The van der Waals surface area contributed by atoms with Gasteiger partial charge < -0.3 is 4.90 Å². The molecule has 0 bridgehead atoms. The third-order valence-electron chi connectivity index (χ3n) is 14.5. The number of fused-ring (bicyclic) bond motifs is 21. The summed E-state index contributed by atoms with van der Waals surface area (Å²) in [4.78, 5) is 2.62. The number of anilines is 3. The third-order valence-corrected chi connectivity index (χ3v) is 19.4. The highest BCUT2D eigenvalue weighted by Gasteiger charge is 2.55. The number of benzene rings is 10. The van der Waals surface area contributed by atoms with E-state index in [-0.39, 0.29) is 0 Å². The minimum Gasteiger partial charge on any atom is -0.309 e. The van der Waals surface area contributed by atoms with Crippen molar-refractivity contribution < 1.29 is 0 Å². The molecule has 3 aliphatic heterocycles. The Hall–Kier alpha value is -7.52. The molecule has 0 saturated heterocycles. The molecule has 2 spiro atoms. The zero-order valence-corrected chi connectivity index (χ0v) is 34.3. The van der Waals surface area contributed by atoms with Gasteiger partial charge in [-0.15, -0.1) is 0 Å². The number of nitrogens with zero attached hydrogens (tertiary/aromatic N) is 1. The predicted molar refractivity (Wildman–Crippen MR) is 257 cm³/mol. The van der Waals surface area contributed by atoms with Crippen molar-refractivity contribution in [1.82, 2.24) is 0 Å². The Labute approximate surface area is 356 Å². The van der Waals surface area contributed by atoms with Crippen LogP contribution in [0.1, 0.15) is 22.3 Å². The first kappa shape index (κ1) is 33.3. The van der Waals surface area contributed by atoms with E-state index in [0.717, 1.165) is 0 Å². The second kappa shape index (κ2) is 12.0. The van der Waals surface area contributed by atoms with Crippen molar-refractivity contribution in [2.24, 2.45) is 0 Å². The van der Waals surface area contributed by atoms with Crippen LogP contribution in [0.25, 0.3) is 55.3 Å². The first-order valence-electron chi connectivity index (χ1n) is 21.4. The van der Waals surface area contributed by atoms with Crippen molar-refractivity contribution in [3.63, 3.8) is 0 Å². The second-order valence-corrected chi connectivity index (χ2v) is 20.7. The lowest BCUT2D eigenvalue weighted by Gasteiger charge is -2.45. The highest BCUT2D eigenvalue weighted by atomic mass is 28.3. The van der Waals surface area contributed by atoms with Crippen LogP contribution in [-0.4, -0.2) is 8.07 Å². The third kappa shape index (κ3) is 4.06. The molecular weight excluding hydrogens is 751 g/mol. The minimum absolute atomic E-state index is 0.486. The summed E-state index contributed by atoms with van der Waals surface area (Å²) in [7, 11) is -2.80. The molecular formula is C59H37NSi. The maximum atomic E-state index is 2.62. The van der Waals surface area contributed by atoms with Gasteiger partial charge in [0, 0.05) is 11.1 Å². The van der Waals surface area contributed by atoms with Crippen LogP contribution in [0.2, 0.25) is 0 Å². The van der Waals surface area contributed by atoms with Gasteiger partial charge in [0.15, 0.2) is 8.07 Å². The average Bonchev–Trinajstić information content (AvgIpc) is 3.92. The second-order valence-electron chi connectivity index (χ2n) is 17.1. The topological polar surface area (TPSA) is 3.24 Å². The van der Waals surface area contributed by atoms with Crippen molar-refractivity contribution in [3.05, 3.63) is 247 Å². The molecule has 0 N–H and O–H groups in total. The van der Waals surface area contributed by atoms with Crippen LogP contribution < -0.4 is 25.6 Å². The standard InChI is InChI=1S/C59H37NSi/c1-2-16-38(17-3-1)40-30-33-47-45-22-8-14-28-54(45)61(56(47)36-40)55-29-15-9-23-46(55)48-34-32-41(37-57(48)61)60-53-27-13-12-26-51(53)59(52-35-31-39-18-4-5-19-42(39)58(52)60)49-24-10-6-20-43(49)44-21-7-11-25-50(44)59/h1-37H. The Morgan fingerprint density at radius 1 is 0.328 bits per heavy atom. The summed E-state index contributed by atoms with van der Waals surface area (Å²) in [5.41, 5.74) is 19.2. The molecule has 0 saturated carbocycles. The summed E-state index contributed by atoms with van der Waals surface area (Å²) in [5.74, 6) is 0. The van der Waals surface area contributed by atoms with Crippen LogP contribution in [0.3, 0.4) is 0 Å². The maximum absolute atomic E-state index is 2.80. The number of para-hydroxylation sites is 1. The van der Waals surface area contributed by atoms with Gasteiger partial charge >= 0.3 is 0 Å². The van der Waals surface area contributed by atoms with Crippen molar-refractivity contribution in [2.45, 2.75) is 5.41 Å². The normalized spacial score (nSPS) is 16.4. The van der Waals surface area contributed by atoms with E-state index < -0.39 is 13.5 Å². The van der Waals surface area contributed by atoms with Gasteiger partial charge in [-0.25, -0.2) is 0 Å². The van der Waals surface area contributed by atoms with Gasteiger partial charge in [-0.05, 0) is 111 Å². The van der Waals surface area contributed by atoms with Gasteiger partial charge in [-0.2, -0.15) is 0 Å². The van der Waals surface area contributed by atoms with Crippen LogP contribution in [0.15, 0.2) is 224 Å². The fourth-order valence-corrected chi connectivity index (χ4v) is 17.9. The highest BCUT2D eigenvalue weighted by Crippen LogP contribution is 2.64. The summed E-state index contributed by atoms with van der Waals surface area (Å²) in [5, 5.41) is 8.44. The first-order valence-corrected chi connectivity index (χ1v) is 23.4. The van der Waals surface area contributed by atoms with Gasteiger partial charge in [0.2, 0.25) is 0 Å². The van der Waals surface area contributed by atoms with Crippen LogP contribution >= 0.6 is 0 Å². The molecule has 0 amide bonds. The molecule has 0 aromatic heterocycles. The van der Waals surface area contributed by atoms with Gasteiger partial charge in [0.1, 0.15) is 0 Å². The molecule has 10 aromatic carbocycles. The smallest absolute Gasteiger partial charge is 0.182 e. The molecule has 10 aromatic rings. The Balaban J connectivity index is 1.09. The Morgan fingerprint density at radius 3 is 1.59 bits per heavy atom. The molecule has 3 heterocycles. The SMILES string of the molecule is c1ccc(-c2ccc3c(c2)[Si]2(c4ccccc4-3)c3ccccc3-c3ccc(N4c5ccccc5C5(c6ccccc6-c6ccccc65)c5ccc6ccccc6c54)cc32)cc1. The van der Waals surface area contributed by atoms with Crippen LogP contribution in [0.4, 0.5) is 17.1 Å². The summed E-state index contributed by atoms with van der Waals surface area (Å²) in [6, 6.07) is 85.5. The molecule has 1 nitrogen and oxygen atoms in total. The van der Waals surface area contributed by atoms with Crippen LogP contribution in [0.5, 0.6) is 0 Å². The van der Waals surface area contributed by atoms with E-state index in [1.54, 1.807) is 0 Å². The van der Waals surface area contributed by atoms with Crippen molar-refractivity contribution in [1.29, 1.82) is 0 Å². The molecule has 1 aliphatic carbocycles. The lowest BCUT2D eigenvalue weighted by molar-refractivity contribution is 0.754. The summed E-state index contributed by atoms with van der Waals surface area (Å²) < 4.78 is 0. The molecule has 14 rings (SSSR count). The zero-order chi connectivity index (χ0) is 39.9. The van der Waals surface area contributed by atoms with E-state index in [0.29, 0.717) is 0 Å². The van der Waals surface area contributed by atoms with E-state index in [9.17, 15) is 0 Å². The number of hydrogen-bond acceptors (Lipinski definition) is 1. The summed E-state index contributed by atoms with van der Waals surface area (Å²) in [6.45, 7) is 0. The lowest BCUT2D eigenvalue weighted by atomic mass is 9.64. The van der Waals surface area contributed by atoms with Crippen molar-refractivity contribution in [3.8, 4) is 44.5 Å². The summed E-state index contributed by atoms with van der Waals surface area (Å²) in [6.07, 6.45) is 0. The van der Waals surface area contributed by atoms with E-state index >= 15 is 0 Å². The number of rotatable bonds is 2. The van der Waals surface area contributed by atoms with Gasteiger partial charge in [0.25, 0.3) is 0 Å². The van der Waals surface area contributed by atoms with Gasteiger partial charge in [0.05, 0.1) is 16.8 Å². The molecule has 0 fully saturated rings. The van der Waals surface area contributed by atoms with E-state index in [2.05, 4.69) is 229 Å². The molecule has 61 heavy (non-hydrogen) atoms. The molecule has 282 valence electrons. The molecule has 1 unspecified atom stereocenters. The van der Waals surface area contributed by atoms with Gasteiger partial charge in [-0.3, -0.25) is 0 Å².